The summed E-state index contributed by atoms with van der Waals surface area (Å²) in [4.78, 5) is 30.1. The Hall–Kier alpha value is -2.41. The first-order chi connectivity index (χ1) is 12.0. The molecule has 0 aliphatic carbocycles. The number of benzene rings is 1. The van der Waals surface area contributed by atoms with Gasteiger partial charge in [0, 0.05) is 11.1 Å². The first-order valence-electron chi connectivity index (χ1n) is 8.26. The zero-order chi connectivity index (χ0) is 18.0. The van der Waals surface area contributed by atoms with Crippen LogP contribution >= 0.6 is 11.3 Å². The summed E-state index contributed by atoms with van der Waals surface area (Å²) in [5, 5.41) is 5.47. The molecule has 0 spiro atoms. The molecule has 0 saturated carbocycles. The smallest absolute Gasteiger partial charge is 0.414 e. The van der Waals surface area contributed by atoms with Crippen LogP contribution in [0.25, 0.3) is 0 Å². The molecule has 6 nitrogen and oxygen atoms in total. The Balaban J connectivity index is 1.66. The second-order valence-corrected chi connectivity index (χ2v) is 7.16. The Bertz CT molecular complexity index is 770. The van der Waals surface area contributed by atoms with E-state index in [4.69, 9.17) is 4.74 Å². The number of nitrogens with one attached hydrogen (secondary N) is 1. The normalized spacial score (nSPS) is 15.4. The molecule has 7 heteroatoms. The fraction of sp³-hybridized carbons (Fsp3) is 0.389. The van der Waals surface area contributed by atoms with Crippen LogP contribution in [0.1, 0.15) is 43.9 Å². The molecule has 1 saturated heterocycles. The quantitative estimate of drug-likeness (QED) is 0.877. The molecule has 1 aliphatic heterocycles. The van der Waals surface area contributed by atoms with Crippen molar-refractivity contribution in [3.8, 4) is 0 Å². The molecule has 0 bridgehead atoms. The minimum atomic E-state index is -0.330. The second kappa shape index (κ2) is 7.23. The van der Waals surface area contributed by atoms with Crippen LogP contribution in [0, 0.1) is 0 Å². The standard InChI is InChI=1S/C18H21N3O3S/c1-11(2)15-10-25-17(19-15)20-16(22)12(3)13-4-6-14(7-5-13)21-8-9-24-18(21)23/h4-7,10-12H,8-9H2,1-3H3,(H,19,20,22). The lowest BCUT2D eigenvalue weighted by Crippen LogP contribution is -2.23. The Morgan fingerprint density at radius 1 is 1.28 bits per heavy atom. The van der Waals surface area contributed by atoms with Gasteiger partial charge < -0.3 is 10.1 Å². The molecule has 1 aromatic heterocycles. The molecule has 1 unspecified atom stereocenters. The molecule has 2 heterocycles. The number of hydrogen-bond donors (Lipinski definition) is 1. The number of rotatable bonds is 5. The van der Waals surface area contributed by atoms with Crippen LogP contribution in [0.5, 0.6) is 0 Å². The summed E-state index contributed by atoms with van der Waals surface area (Å²) in [5.74, 6) is -0.0758. The molecule has 1 aromatic carbocycles. The highest BCUT2D eigenvalue weighted by Gasteiger charge is 2.24. The van der Waals surface area contributed by atoms with Gasteiger partial charge in [-0.25, -0.2) is 9.78 Å². The number of nitrogens with zero attached hydrogens (tertiary/aromatic N) is 2. The third kappa shape index (κ3) is 3.82. The molecule has 1 N–H and O–H groups in total. The highest BCUT2D eigenvalue weighted by Crippen LogP contribution is 2.25. The summed E-state index contributed by atoms with van der Waals surface area (Å²) in [7, 11) is 0. The van der Waals surface area contributed by atoms with E-state index in [1.54, 1.807) is 4.90 Å². The molecule has 132 valence electrons. The Morgan fingerprint density at radius 3 is 2.56 bits per heavy atom. The maximum atomic E-state index is 12.5. The molecule has 25 heavy (non-hydrogen) atoms. The van der Waals surface area contributed by atoms with Gasteiger partial charge in [-0.3, -0.25) is 9.69 Å². The summed E-state index contributed by atoms with van der Waals surface area (Å²) in [5.41, 5.74) is 2.64. The van der Waals surface area contributed by atoms with Crippen molar-refractivity contribution in [2.24, 2.45) is 0 Å². The summed E-state index contributed by atoms with van der Waals surface area (Å²) in [6.07, 6.45) is -0.330. The molecular formula is C18H21N3O3S. The number of aromatic nitrogens is 1. The highest BCUT2D eigenvalue weighted by molar-refractivity contribution is 7.13. The van der Waals surface area contributed by atoms with Crippen molar-refractivity contribution in [3.63, 3.8) is 0 Å². The lowest BCUT2D eigenvalue weighted by atomic mass is 10.00. The Kier molecular flexibility index (Phi) is 5.03. The molecule has 2 aromatic rings. The van der Waals surface area contributed by atoms with Gasteiger partial charge in [0.2, 0.25) is 5.91 Å². The van der Waals surface area contributed by atoms with Gasteiger partial charge in [0.05, 0.1) is 18.2 Å². The van der Waals surface area contributed by atoms with Gasteiger partial charge in [-0.05, 0) is 30.5 Å². The minimum Gasteiger partial charge on any atom is -0.447 e. The SMILES string of the molecule is CC(C)c1csc(NC(=O)C(C)c2ccc(N3CCOC3=O)cc2)n1. The van der Waals surface area contributed by atoms with Crippen molar-refractivity contribution in [2.45, 2.75) is 32.6 Å². The van der Waals surface area contributed by atoms with E-state index in [-0.39, 0.29) is 17.9 Å². The van der Waals surface area contributed by atoms with Gasteiger partial charge in [-0.1, -0.05) is 26.0 Å². The lowest BCUT2D eigenvalue weighted by Gasteiger charge is -2.15. The summed E-state index contributed by atoms with van der Waals surface area (Å²) in [6.45, 7) is 6.95. The summed E-state index contributed by atoms with van der Waals surface area (Å²) < 4.78 is 4.94. The van der Waals surface area contributed by atoms with Crippen LogP contribution in [0.15, 0.2) is 29.6 Å². The minimum absolute atomic E-state index is 0.0991. The third-order valence-electron chi connectivity index (χ3n) is 4.20. The summed E-state index contributed by atoms with van der Waals surface area (Å²) in [6, 6.07) is 7.41. The van der Waals surface area contributed by atoms with E-state index < -0.39 is 0 Å². The number of carbonyl (C=O) groups is 2. The van der Waals surface area contributed by atoms with E-state index >= 15 is 0 Å². The highest BCUT2D eigenvalue weighted by atomic mass is 32.1. The van der Waals surface area contributed by atoms with E-state index in [0.717, 1.165) is 16.9 Å². The van der Waals surface area contributed by atoms with Crippen LogP contribution in [-0.4, -0.2) is 30.1 Å². The Labute approximate surface area is 150 Å². The van der Waals surface area contributed by atoms with Gasteiger partial charge >= 0.3 is 6.09 Å². The van der Waals surface area contributed by atoms with Gasteiger partial charge in [0.1, 0.15) is 6.61 Å². The van der Waals surface area contributed by atoms with Crippen molar-refractivity contribution < 1.29 is 14.3 Å². The molecular weight excluding hydrogens is 338 g/mol. The largest absolute Gasteiger partial charge is 0.447 e. The van der Waals surface area contributed by atoms with Crippen LogP contribution in [0.3, 0.4) is 0 Å². The zero-order valence-corrected chi connectivity index (χ0v) is 15.3. The monoisotopic (exact) mass is 359 g/mol. The predicted octanol–water partition coefficient (Wildman–Crippen LogP) is 3.97. The third-order valence-corrected chi connectivity index (χ3v) is 4.98. The van der Waals surface area contributed by atoms with Crippen LogP contribution in [0.4, 0.5) is 15.6 Å². The predicted molar refractivity (Wildman–Crippen MR) is 98.4 cm³/mol. The van der Waals surface area contributed by atoms with Crippen LogP contribution in [-0.2, 0) is 9.53 Å². The van der Waals surface area contributed by atoms with Gasteiger partial charge in [-0.2, -0.15) is 0 Å². The average molecular weight is 359 g/mol. The molecule has 3 rings (SSSR count). The molecule has 2 amide bonds. The maximum Gasteiger partial charge on any atom is 0.414 e. The number of cyclic esters (lactones) is 1. The number of thiazole rings is 1. The number of amides is 2. The van der Waals surface area contributed by atoms with Crippen LogP contribution < -0.4 is 10.2 Å². The first kappa shape index (κ1) is 17.4. The van der Waals surface area contributed by atoms with Gasteiger partial charge in [-0.15, -0.1) is 11.3 Å². The zero-order valence-electron chi connectivity index (χ0n) is 14.5. The number of anilines is 2. The van der Waals surface area contributed by atoms with Gasteiger partial charge in [0.25, 0.3) is 0 Å². The van der Waals surface area contributed by atoms with Crippen molar-refractivity contribution in [1.82, 2.24) is 4.98 Å². The number of carbonyl (C=O) groups excluding carboxylic acids is 2. The first-order valence-corrected chi connectivity index (χ1v) is 9.14. The van der Waals surface area contributed by atoms with Crippen molar-refractivity contribution in [2.75, 3.05) is 23.4 Å². The molecule has 1 aliphatic rings. The van der Waals surface area contributed by atoms with Crippen molar-refractivity contribution in [1.29, 1.82) is 0 Å². The molecule has 0 radical (unpaired) electrons. The average Bonchev–Trinajstić information content (AvgIpc) is 3.23. The van der Waals surface area contributed by atoms with E-state index in [2.05, 4.69) is 24.1 Å². The fourth-order valence-electron chi connectivity index (χ4n) is 2.54. The molecule has 1 fully saturated rings. The van der Waals surface area contributed by atoms with E-state index in [0.29, 0.717) is 24.2 Å². The van der Waals surface area contributed by atoms with Crippen molar-refractivity contribution in [3.05, 3.63) is 40.9 Å². The summed E-state index contributed by atoms with van der Waals surface area (Å²) >= 11 is 1.44. The topological polar surface area (TPSA) is 71.5 Å². The van der Waals surface area contributed by atoms with E-state index in [1.165, 1.54) is 11.3 Å². The van der Waals surface area contributed by atoms with Gasteiger partial charge in [0.15, 0.2) is 5.13 Å². The van der Waals surface area contributed by atoms with E-state index in [9.17, 15) is 9.59 Å². The van der Waals surface area contributed by atoms with Crippen LogP contribution in [0.2, 0.25) is 0 Å². The fourth-order valence-corrected chi connectivity index (χ4v) is 3.42. The number of hydrogen-bond acceptors (Lipinski definition) is 5. The number of ether oxygens (including phenoxy) is 1. The maximum absolute atomic E-state index is 12.5. The lowest BCUT2D eigenvalue weighted by molar-refractivity contribution is -0.117. The second-order valence-electron chi connectivity index (χ2n) is 6.30. The molecule has 1 atom stereocenters. The van der Waals surface area contributed by atoms with E-state index in [1.807, 2.05) is 36.6 Å². The van der Waals surface area contributed by atoms with Crippen molar-refractivity contribution >= 4 is 34.2 Å². The Morgan fingerprint density at radius 2 is 2.00 bits per heavy atom.